The van der Waals surface area contributed by atoms with Crippen molar-refractivity contribution in [1.29, 1.82) is 0 Å². The van der Waals surface area contributed by atoms with Crippen LogP contribution in [-0.2, 0) is 0 Å². The van der Waals surface area contributed by atoms with Crippen LogP contribution in [0.4, 0.5) is 0 Å². The van der Waals surface area contributed by atoms with Crippen LogP contribution in [0.15, 0.2) is 79.8 Å². The lowest BCUT2D eigenvalue weighted by atomic mass is 9.99. The second kappa shape index (κ2) is 7.13. The highest BCUT2D eigenvalue weighted by molar-refractivity contribution is 6.36. The smallest absolute Gasteiger partial charge is 0.196 e. The van der Waals surface area contributed by atoms with Crippen LogP contribution >= 0.6 is 23.2 Å². The van der Waals surface area contributed by atoms with E-state index < -0.39 is 0 Å². The van der Waals surface area contributed by atoms with Gasteiger partial charge >= 0.3 is 0 Å². The maximum Gasteiger partial charge on any atom is 0.196 e. The highest BCUT2D eigenvalue weighted by Gasteiger charge is 2.19. The van der Waals surface area contributed by atoms with E-state index in [2.05, 4.69) is 9.97 Å². The van der Waals surface area contributed by atoms with E-state index in [1.165, 1.54) is 0 Å². The molecule has 2 N–H and O–H groups in total. The molecule has 0 aliphatic heterocycles. The second-order valence-corrected chi connectivity index (χ2v) is 9.53. The zero-order valence-corrected chi connectivity index (χ0v) is 19.7. The van der Waals surface area contributed by atoms with Gasteiger partial charge < -0.3 is 9.97 Å². The molecule has 172 valence electrons. The summed E-state index contributed by atoms with van der Waals surface area (Å²) in [6.07, 6.45) is 0. The van der Waals surface area contributed by atoms with Crippen LogP contribution in [0.25, 0.3) is 65.2 Å². The van der Waals surface area contributed by atoms with Crippen molar-refractivity contribution in [2.75, 3.05) is 0 Å². The Kier molecular flexibility index (Phi) is 4.17. The molecule has 0 aliphatic rings. The van der Waals surface area contributed by atoms with Gasteiger partial charge in [0.05, 0.1) is 53.7 Å². The molecular weight excluding hydrogens is 499 g/mol. The molecule has 0 radical (unpaired) electrons. The quantitative estimate of drug-likeness (QED) is 0.209. The zero-order chi connectivity index (χ0) is 24.9. The van der Waals surface area contributed by atoms with E-state index >= 15 is 0 Å². The van der Waals surface area contributed by atoms with Gasteiger partial charge in [0.1, 0.15) is 0 Å². The molecule has 0 unspecified atom stereocenters. The fourth-order valence-corrected chi connectivity index (χ4v) is 5.74. The van der Waals surface area contributed by atoms with Crippen molar-refractivity contribution >= 4 is 88.4 Å². The third kappa shape index (κ3) is 2.57. The Hall–Kier alpha value is -4.26. The number of rotatable bonds is 0. The van der Waals surface area contributed by atoms with E-state index in [9.17, 15) is 19.2 Å². The summed E-state index contributed by atoms with van der Waals surface area (Å²) < 4.78 is 0. The summed E-state index contributed by atoms with van der Waals surface area (Å²) in [6.45, 7) is 0. The molecule has 6 nitrogen and oxygen atoms in total. The first kappa shape index (κ1) is 21.1. The number of hydrogen-bond acceptors (Lipinski definition) is 4. The monoisotopic (exact) mass is 510 g/mol. The summed E-state index contributed by atoms with van der Waals surface area (Å²) >= 11 is 12.5. The van der Waals surface area contributed by atoms with E-state index in [-0.39, 0.29) is 74.9 Å². The lowest BCUT2D eigenvalue weighted by molar-refractivity contribution is 1.41. The van der Waals surface area contributed by atoms with Gasteiger partial charge in [0.2, 0.25) is 0 Å². The van der Waals surface area contributed by atoms with Gasteiger partial charge in [-0.05, 0) is 36.4 Å². The van der Waals surface area contributed by atoms with Crippen LogP contribution in [0, 0.1) is 0 Å². The van der Waals surface area contributed by atoms with Gasteiger partial charge in [-0.1, -0.05) is 47.5 Å². The molecule has 0 fully saturated rings. The van der Waals surface area contributed by atoms with Crippen LogP contribution < -0.4 is 21.7 Å². The standard InChI is InChI=1S/C28H12Cl2N2O4/c29-15-5-1-3-11-19(15)25(33)13-7-9-17-23(21(13)27(11)35)31-18-10-8-14-22(24(18)32-17)28(36)12-4-2-6-16(30)20(12)26(14)34/h1-10,31-32H. The molecule has 0 atom stereocenters. The highest BCUT2D eigenvalue weighted by atomic mass is 35.5. The first-order chi connectivity index (χ1) is 17.4. The van der Waals surface area contributed by atoms with Gasteiger partial charge in [0, 0.05) is 21.5 Å². The van der Waals surface area contributed by atoms with E-state index in [1.54, 1.807) is 60.7 Å². The fourth-order valence-electron chi connectivity index (χ4n) is 5.22. The SMILES string of the molecule is O=c1c2ccc3[nH]c4c(ccc5c(=O)c6c(Cl)cccc6c(=O)c54)[nH]c3c2c(=O)c2cccc(Cl)c12. The molecule has 0 aliphatic carbocycles. The third-order valence-electron chi connectivity index (χ3n) is 6.84. The second-order valence-electron chi connectivity index (χ2n) is 8.71. The summed E-state index contributed by atoms with van der Waals surface area (Å²) in [6, 6.07) is 16.0. The predicted octanol–water partition coefficient (Wildman–Crippen LogP) is 5.45. The summed E-state index contributed by atoms with van der Waals surface area (Å²) in [5, 5.41) is 2.23. The highest BCUT2D eigenvalue weighted by Crippen LogP contribution is 2.28. The molecular formula is C28H12Cl2N2O4. The van der Waals surface area contributed by atoms with Crippen LogP contribution in [0.2, 0.25) is 10.0 Å². The lowest BCUT2D eigenvalue weighted by Gasteiger charge is -2.10. The topological polar surface area (TPSA) is 99.9 Å². The molecule has 0 saturated heterocycles. The van der Waals surface area contributed by atoms with Gasteiger partial charge in [-0.15, -0.1) is 0 Å². The zero-order valence-electron chi connectivity index (χ0n) is 18.2. The number of benzene rings is 6. The average molecular weight is 511 g/mol. The van der Waals surface area contributed by atoms with Crippen molar-refractivity contribution in [3.05, 3.63) is 112 Å². The van der Waals surface area contributed by atoms with Crippen molar-refractivity contribution in [1.82, 2.24) is 9.97 Å². The average Bonchev–Trinajstić information content (AvgIpc) is 2.87. The van der Waals surface area contributed by atoms with E-state index in [0.29, 0.717) is 22.1 Å². The van der Waals surface area contributed by atoms with Gasteiger partial charge in [-0.3, -0.25) is 19.2 Å². The molecule has 7 rings (SSSR count). The molecule has 0 bridgehead atoms. The Bertz CT molecular complexity index is 2210. The molecule has 8 heteroatoms. The first-order valence-corrected chi connectivity index (χ1v) is 11.8. The number of fused-ring (bicyclic) bond motifs is 8. The lowest BCUT2D eigenvalue weighted by Crippen LogP contribution is -2.15. The van der Waals surface area contributed by atoms with E-state index in [0.717, 1.165) is 0 Å². The molecule has 0 amide bonds. The van der Waals surface area contributed by atoms with Crippen LogP contribution in [0.1, 0.15) is 0 Å². The van der Waals surface area contributed by atoms with Gasteiger partial charge in [0.25, 0.3) is 0 Å². The Morgan fingerprint density at radius 1 is 0.444 bits per heavy atom. The summed E-state index contributed by atoms with van der Waals surface area (Å²) in [5.74, 6) is 0. The molecule has 7 aromatic rings. The Morgan fingerprint density at radius 2 is 0.806 bits per heavy atom. The van der Waals surface area contributed by atoms with Crippen molar-refractivity contribution in [3.63, 3.8) is 0 Å². The summed E-state index contributed by atoms with van der Waals surface area (Å²) in [7, 11) is 0. The molecule has 0 saturated carbocycles. The predicted molar refractivity (Wildman–Crippen MR) is 146 cm³/mol. The maximum atomic E-state index is 13.5. The molecule has 1 aromatic heterocycles. The van der Waals surface area contributed by atoms with Gasteiger partial charge in [-0.25, -0.2) is 0 Å². The number of aromatic amines is 2. The van der Waals surface area contributed by atoms with Crippen molar-refractivity contribution in [2.24, 2.45) is 0 Å². The number of halogens is 2. The Balaban J connectivity index is 1.71. The van der Waals surface area contributed by atoms with E-state index in [4.69, 9.17) is 23.2 Å². The minimum Gasteiger partial charge on any atom is -0.351 e. The molecule has 36 heavy (non-hydrogen) atoms. The largest absolute Gasteiger partial charge is 0.351 e. The van der Waals surface area contributed by atoms with Gasteiger partial charge in [0.15, 0.2) is 21.7 Å². The Morgan fingerprint density at radius 3 is 1.22 bits per heavy atom. The molecule has 1 heterocycles. The number of aromatic nitrogens is 2. The summed E-state index contributed by atoms with van der Waals surface area (Å²) in [4.78, 5) is 59.9. The maximum absolute atomic E-state index is 13.5. The molecule has 0 spiro atoms. The van der Waals surface area contributed by atoms with Gasteiger partial charge in [-0.2, -0.15) is 0 Å². The van der Waals surface area contributed by atoms with E-state index in [1.807, 2.05) is 0 Å². The number of hydrogen-bond donors (Lipinski definition) is 2. The number of H-pyrrole nitrogens is 2. The van der Waals surface area contributed by atoms with Crippen molar-refractivity contribution in [3.8, 4) is 0 Å². The fraction of sp³-hybridized carbons (Fsp3) is 0. The van der Waals surface area contributed by atoms with Crippen LogP contribution in [0.5, 0.6) is 0 Å². The van der Waals surface area contributed by atoms with Crippen molar-refractivity contribution < 1.29 is 0 Å². The molecule has 6 aromatic carbocycles. The Labute approximate surface area is 209 Å². The first-order valence-electron chi connectivity index (χ1n) is 11.0. The minimum atomic E-state index is -0.333. The third-order valence-corrected chi connectivity index (χ3v) is 7.47. The minimum absolute atomic E-state index is 0.191. The number of nitrogens with one attached hydrogen (secondary N) is 2. The van der Waals surface area contributed by atoms with Crippen LogP contribution in [0.3, 0.4) is 0 Å². The van der Waals surface area contributed by atoms with Crippen LogP contribution in [-0.4, -0.2) is 9.97 Å². The summed E-state index contributed by atoms with van der Waals surface area (Å²) in [5.41, 5.74) is 0.510. The van der Waals surface area contributed by atoms with Crippen molar-refractivity contribution in [2.45, 2.75) is 0 Å². The normalized spacial score (nSPS) is 12.1.